The van der Waals surface area contributed by atoms with Crippen LogP contribution in [0, 0.1) is 0 Å². The van der Waals surface area contributed by atoms with Crippen molar-refractivity contribution in [2.75, 3.05) is 26.8 Å². The lowest BCUT2D eigenvalue weighted by Crippen LogP contribution is -2.70. The van der Waals surface area contributed by atoms with Gasteiger partial charge in [0.15, 0.2) is 11.4 Å². The first kappa shape index (κ1) is 22.2. The molecule has 0 bridgehead atoms. The number of likely N-dealkylation sites (tertiary alicyclic amines) is 1. The van der Waals surface area contributed by atoms with Crippen molar-refractivity contribution < 1.29 is 9.47 Å². The highest BCUT2D eigenvalue weighted by atomic mass is 16.5. The predicted molar refractivity (Wildman–Crippen MR) is 139 cm³/mol. The summed E-state index contributed by atoms with van der Waals surface area (Å²) >= 11 is 0. The molecule has 0 amide bonds. The van der Waals surface area contributed by atoms with E-state index in [2.05, 4.69) is 45.9 Å². The number of aromatic nitrogens is 5. The fourth-order valence-electron chi connectivity index (χ4n) is 6.63. The third-order valence-electron chi connectivity index (χ3n) is 8.71. The summed E-state index contributed by atoms with van der Waals surface area (Å²) in [5, 5.41) is 4.35. The zero-order chi connectivity index (χ0) is 24.4. The Morgan fingerprint density at radius 3 is 2.67 bits per heavy atom. The molecular weight excluding hydrogens is 452 g/mol. The summed E-state index contributed by atoms with van der Waals surface area (Å²) in [5.74, 6) is 1.56. The molecule has 3 fully saturated rings. The number of nitrogens with zero attached hydrogens (tertiary/aromatic N) is 5. The Hall–Kier alpha value is -2.97. The molecular formula is C28H34N6O2. The van der Waals surface area contributed by atoms with E-state index >= 15 is 0 Å². The summed E-state index contributed by atoms with van der Waals surface area (Å²) in [5.41, 5.74) is 7.69. The molecule has 3 aliphatic rings. The van der Waals surface area contributed by atoms with Crippen LogP contribution < -0.4 is 4.74 Å². The molecule has 0 atom stereocenters. The van der Waals surface area contributed by atoms with Gasteiger partial charge >= 0.3 is 0 Å². The second-order valence-corrected chi connectivity index (χ2v) is 11.2. The number of methoxy groups -OCH3 is 1. The lowest BCUT2D eigenvalue weighted by molar-refractivity contribution is -0.231. The second-order valence-electron chi connectivity index (χ2n) is 11.2. The molecule has 0 radical (unpaired) electrons. The Morgan fingerprint density at radius 2 is 1.97 bits per heavy atom. The molecule has 2 aliphatic heterocycles. The quantitative estimate of drug-likeness (QED) is 0.432. The Kier molecular flexibility index (Phi) is 5.12. The molecule has 7 rings (SSSR count). The zero-order valence-corrected chi connectivity index (χ0v) is 21.3. The summed E-state index contributed by atoms with van der Waals surface area (Å²) in [4.78, 5) is 15.9. The zero-order valence-electron chi connectivity index (χ0n) is 21.3. The van der Waals surface area contributed by atoms with E-state index in [0.29, 0.717) is 29.3 Å². The smallest absolute Gasteiger partial charge is 0.197 e. The molecule has 0 aromatic carbocycles. The van der Waals surface area contributed by atoms with Crippen LogP contribution in [0.2, 0.25) is 0 Å². The van der Waals surface area contributed by atoms with Gasteiger partial charge in [0.2, 0.25) is 0 Å². The molecule has 4 aromatic heterocycles. The van der Waals surface area contributed by atoms with Crippen LogP contribution in [0.4, 0.5) is 0 Å². The van der Waals surface area contributed by atoms with Crippen LogP contribution in [0.5, 0.6) is 5.75 Å². The van der Waals surface area contributed by atoms with Crippen LogP contribution in [-0.4, -0.2) is 67.9 Å². The van der Waals surface area contributed by atoms with Gasteiger partial charge in [0.05, 0.1) is 36.0 Å². The van der Waals surface area contributed by atoms with Gasteiger partial charge in [-0.25, -0.2) is 9.50 Å². The minimum absolute atomic E-state index is 0.227. The van der Waals surface area contributed by atoms with Crippen LogP contribution >= 0.6 is 0 Å². The number of aromatic amines is 1. The normalized spacial score (nSPS) is 23.9. The molecule has 8 nitrogen and oxygen atoms in total. The van der Waals surface area contributed by atoms with Gasteiger partial charge in [-0.05, 0) is 49.8 Å². The molecule has 2 saturated heterocycles. The van der Waals surface area contributed by atoms with Crippen molar-refractivity contribution in [2.45, 2.75) is 69.4 Å². The number of rotatable bonds is 5. The molecule has 1 N–H and O–H groups in total. The van der Waals surface area contributed by atoms with Crippen molar-refractivity contribution >= 4 is 16.7 Å². The summed E-state index contributed by atoms with van der Waals surface area (Å²) < 4.78 is 13.2. The maximum atomic E-state index is 5.83. The van der Waals surface area contributed by atoms with E-state index in [1.54, 1.807) is 18.0 Å². The highest BCUT2D eigenvalue weighted by Crippen LogP contribution is 2.43. The first-order chi connectivity index (χ1) is 17.5. The molecule has 1 saturated carbocycles. The van der Waals surface area contributed by atoms with Crippen molar-refractivity contribution in [1.82, 2.24) is 29.5 Å². The molecule has 6 heterocycles. The van der Waals surface area contributed by atoms with E-state index in [1.807, 2.05) is 12.3 Å². The minimum atomic E-state index is 0.227. The lowest BCUT2D eigenvalue weighted by Gasteiger charge is -2.58. The molecule has 1 aliphatic carbocycles. The molecule has 8 heteroatoms. The Bertz CT molecular complexity index is 1420. The first-order valence-electron chi connectivity index (χ1n) is 13.3. The number of hydrogen-bond acceptors (Lipinski definition) is 6. The van der Waals surface area contributed by atoms with Crippen molar-refractivity contribution in [3.63, 3.8) is 0 Å². The molecule has 1 spiro atoms. The van der Waals surface area contributed by atoms with E-state index in [4.69, 9.17) is 14.5 Å². The first-order valence-corrected chi connectivity index (χ1v) is 13.3. The maximum absolute atomic E-state index is 5.83. The van der Waals surface area contributed by atoms with Crippen LogP contribution in [-0.2, 0) is 4.74 Å². The minimum Gasteiger partial charge on any atom is -0.493 e. The average Bonchev–Trinajstić information content (AvgIpc) is 3.46. The van der Waals surface area contributed by atoms with Crippen LogP contribution in [0.25, 0.3) is 27.9 Å². The van der Waals surface area contributed by atoms with Gasteiger partial charge in [-0.1, -0.05) is 13.8 Å². The van der Waals surface area contributed by atoms with Gasteiger partial charge in [0.25, 0.3) is 0 Å². The number of fused-ring (bicyclic) bond motifs is 2. The topological polar surface area (TPSA) is 80.6 Å². The summed E-state index contributed by atoms with van der Waals surface area (Å²) in [7, 11) is 1.67. The van der Waals surface area contributed by atoms with E-state index in [9.17, 15) is 0 Å². The number of H-pyrrole nitrogens is 1. The summed E-state index contributed by atoms with van der Waals surface area (Å²) in [6.45, 7) is 7.71. The largest absolute Gasteiger partial charge is 0.493 e. The number of hydrogen-bond donors (Lipinski definition) is 1. The van der Waals surface area contributed by atoms with Crippen LogP contribution in [0.1, 0.15) is 69.0 Å². The molecule has 36 heavy (non-hydrogen) atoms. The van der Waals surface area contributed by atoms with E-state index in [1.165, 1.54) is 43.4 Å². The van der Waals surface area contributed by atoms with Gasteiger partial charge in [0.1, 0.15) is 6.33 Å². The fraction of sp³-hybridized carbons (Fsp3) is 0.536. The van der Waals surface area contributed by atoms with Gasteiger partial charge in [-0.2, -0.15) is 5.10 Å². The molecule has 188 valence electrons. The van der Waals surface area contributed by atoms with Crippen molar-refractivity contribution in [1.29, 1.82) is 0 Å². The number of pyridine rings is 2. The summed E-state index contributed by atoms with van der Waals surface area (Å²) in [6, 6.07) is 7.21. The molecule has 0 unspecified atom stereocenters. The summed E-state index contributed by atoms with van der Waals surface area (Å²) in [6.07, 6.45) is 9.75. The number of ether oxygens (including phenoxy) is 2. The van der Waals surface area contributed by atoms with Gasteiger partial charge in [-0.3, -0.25) is 9.88 Å². The van der Waals surface area contributed by atoms with Gasteiger partial charge in [0, 0.05) is 54.5 Å². The van der Waals surface area contributed by atoms with Gasteiger partial charge in [-0.15, -0.1) is 0 Å². The Labute approximate surface area is 211 Å². The standard InChI is InChI=1S/C28H34N6O2/c1-17(2)24-25(19-12-23(35-3)27-29-16-30-34(27)13-19)32-22-9-8-21(31-26(22)24)18-4-6-20(7-5-18)33-14-28(15-33)10-11-36-28/h8-9,12-13,16-18,20,32H,4-7,10-11,14-15H2,1-3H3. The molecule has 4 aromatic rings. The number of nitrogens with one attached hydrogen (secondary N) is 1. The predicted octanol–water partition coefficient (Wildman–Crippen LogP) is 4.91. The van der Waals surface area contributed by atoms with E-state index < -0.39 is 0 Å². The lowest BCUT2D eigenvalue weighted by atomic mass is 9.79. The second kappa shape index (κ2) is 8.28. The van der Waals surface area contributed by atoms with Crippen molar-refractivity contribution in [3.05, 3.63) is 42.0 Å². The fourth-order valence-corrected chi connectivity index (χ4v) is 6.63. The van der Waals surface area contributed by atoms with Crippen molar-refractivity contribution in [3.8, 4) is 17.0 Å². The van der Waals surface area contributed by atoms with Crippen molar-refractivity contribution in [2.24, 2.45) is 0 Å². The van der Waals surface area contributed by atoms with E-state index in [0.717, 1.165) is 42.0 Å². The van der Waals surface area contributed by atoms with Crippen LogP contribution in [0.3, 0.4) is 0 Å². The van der Waals surface area contributed by atoms with Crippen LogP contribution in [0.15, 0.2) is 30.7 Å². The third-order valence-corrected chi connectivity index (χ3v) is 8.71. The monoisotopic (exact) mass is 486 g/mol. The maximum Gasteiger partial charge on any atom is 0.197 e. The third kappa shape index (κ3) is 3.45. The highest BCUT2D eigenvalue weighted by Gasteiger charge is 2.51. The Morgan fingerprint density at radius 1 is 1.17 bits per heavy atom. The highest BCUT2D eigenvalue weighted by molar-refractivity contribution is 5.89. The Balaban J connectivity index is 1.17. The van der Waals surface area contributed by atoms with Gasteiger partial charge < -0.3 is 14.5 Å². The SMILES string of the molecule is COc1cc(-c2[nH]c3ccc(C4CCC(N5CC6(CCO6)C5)CC4)nc3c2C(C)C)cn2ncnc12. The van der Waals surface area contributed by atoms with E-state index in [-0.39, 0.29) is 5.60 Å². The average molecular weight is 487 g/mol.